The molecule has 33 heavy (non-hydrogen) atoms. The van der Waals surface area contributed by atoms with Crippen molar-refractivity contribution in [3.63, 3.8) is 0 Å². The van der Waals surface area contributed by atoms with Crippen molar-refractivity contribution in [3.8, 4) is 0 Å². The topological polar surface area (TPSA) is 52.6 Å². The van der Waals surface area contributed by atoms with Gasteiger partial charge in [-0.2, -0.15) is 0 Å². The summed E-state index contributed by atoms with van der Waals surface area (Å²) in [5.74, 6) is -0.654. The Kier molecular flexibility index (Phi) is 9.30. The van der Waals surface area contributed by atoms with E-state index in [-0.39, 0.29) is 31.0 Å². The van der Waals surface area contributed by atoms with Gasteiger partial charge in [0.15, 0.2) is 0 Å². The quantitative estimate of drug-likeness (QED) is 0.175. The molecular formula is C26H33ClF2O4. The molecule has 182 valence electrons. The fourth-order valence-corrected chi connectivity index (χ4v) is 5.27. The Morgan fingerprint density at radius 3 is 2.09 bits per heavy atom. The number of esters is 2. The average molecular weight is 483 g/mol. The molecule has 0 heterocycles. The molecule has 0 bridgehead atoms. The van der Waals surface area contributed by atoms with E-state index in [0.717, 1.165) is 51.4 Å². The minimum absolute atomic E-state index is 0.0388. The molecular weight excluding hydrogens is 450 g/mol. The average Bonchev–Trinajstić information content (AvgIpc) is 2.80. The highest BCUT2D eigenvalue weighted by Gasteiger charge is 2.32. The van der Waals surface area contributed by atoms with Crippen LogP contribution in [0.15, 0.2) is 24.3 Å². The minimum Gasteiger partial charge on any atom is -0.462 e. The molecule has 0 aliphatic heterocycles. The molecule has 2 fully saturated rings. The van der Waals surface area contributed by atoms with Crippen LogP contribution in [-0.4, -0.2) is 24.6 Å². The van der Waals surface area contributed by atoms with Crippen molar-refractivity contribution in [1.82, 2.24) is 0 Å². The van der Waals surface area contributed by atoms with Crippen LogP contribution in [0.5, 0.6) is 0 Å². The highest BCUT2D eigenvalue weighted by atomic mass is 35.5. The lowest BCUT2D eigenvalue weighted by atomic mass is 9.69. The lowest BCUT2D eigenvalue weighted by Gasteiger charge is -2.37. The third-order valence-corrected chi connectivity index (χ3v) is 7.40. The number of ether oxygens (including phenoxy) is 2. The van der Waals surface area contributed by atoms with Gasteiger partial charge in [0.2, 0.25) is 0 Å². The monoisotopic (exact) mass is 482 g/mol. The van der Waals surface area contributed by atoms with Gasteiger partial charge in [0.25, 0.3) is 0 Å². The minimum atomic E-state index is -0.686. The van der Waals surface area contributed by atoms with Crippen molar-refractivity contribution in [2.45, 2.75) is 83.2 Å². The number of halogens is 3. The van der Waals surface area contributed by atoms with Crippen LogP contribution >= 0.6 is 11.6 Å². The Labute approximate surface area is 199 Å². The highest BCUT2D eigenvalue weighted by molar-refractivity contribution is 6.30. The molecule has 0 aromatic heterocycles. The van der Waals surface area contributed by atoms with E-state index >= 15 is 0 Å². The lowest BCUT2D eigenvalue weighted by molar-refractivity contribution is -0.152. The van der Waals surface area contributed by atoms with Crippen molar-refractivity contribution < 1.29 is 27.8 Å². The molecule has 3 rings (SSSR count). The first kappa shape index (κ1) is 25.7. The maximum atomic E-state index is 13.8. The summed E-state index contributed by atoms with van der Waals surface area (Å²) >= 11 is 5.61. The molecule has 7 heteroatoms. The summed E-state index contributed by atoms with van der Waals surface area (Å²) in [6.45, 7) is 5.28. The zero-order valence-corrected chi connectivity index (χ0v) is 20.0. The third kappa shape index (κ3) is 7.26. The van der Waals surface area contributed by atoms with Crippen molar-refractivity contribution in [2.24, 2.45) is 11.8 Å². The van der Waals surface area contributed by atoms with Gasteiger partial charge in [0, 0.05) is 12.0 Å². The molecule has 1 aromatic rings. The van der Waals surface area contributed by atoms with Crippen LogP contribution in [0.25, 0.3) is 0 Å². The third-order valence-electron chi connectivity index (χ3n) is 7.04. The van der Waals surface area contributed by atoms with Crippen molar-refractivity contribution in [3.05, 3.63) is 46.5 Å². The number of hydrogen-bond donors (Lipinski definition) is 0. The second-order valence-electron chi connectivity index (χ2n) is 9.46. The molecule has 2 aliphatic rings. The number of benzene rings is 1. The summed E-state index contributed by atoms with van der Waals surface area (Å²) in [5.41, 5.74) is 1.05. The van der Waals surface area contributed by atoms with E-state index in [9.17, 15) is 18.4 Å². The summed E-state index contributed by atoms with van der Waals surface area (Å²) in [5, 5.41) is -0.434. The van der Waals surface area contributed by atoms with E-state index < -0.39 is 22.6 Å². The number of carbonyl (C=O) groups is 2. The molecule has 0 saturated heterocycles. The first-order chi connectivity index (χ1) is 15.7. The van der Waals surface area contributed by atoms with Crippen molar-refractivity contribution in [2.75, 3.05) is 6.61 Å². The second-order valence-corrected chi connectivity index (χ2v) is 9.83. The van der Waals surface area contributed by atoms with Crippen LogP contribution in [0.3, 0.4) is 0 Å². The van der Waals surface area contributed by atoms with Gasteiger partial charge >= 0.3 is 11.9 Å². The molecule has 4 nitrogen and oxygen atoms in total. The Morgan fingerprint density at radius 2 is 1.55 bits per heavy atom. The van der Waals surface area contributed by atoms with Gasteiger partial charge in [-0.15, -0.1) is 0 Å². The van der Waals surface area contributed by atoms with Crippen LogP contribution in [0.2, 0.25) is 5.02 Å². The standard InChI is InChI=1S/C26H33ClF2O4/c1-16(2)26(31)32-13-3-4-24(30)33-21-11-9-18(10-12-21)17-5-7-19(8-6-17)20-14-22(28)25(27)23(29)15-20/h14-15,17-19,21H,1,3-13H2,2H3. The molecule has 2 aliphatic carbocycles. The normalized spacial score (nSPS) is 25.3. The van der Waals surface area contributed by atoms with Gasteiger partial charge in [-0.1, -0.05) is 18.2 Å². The van der Waals surface area contributed by atoms with Crippen molar-refractivity contribution >= 4 is 23.5 Å². The van der Waals surface area contributed by atoms with Gasteiger partial charge < -0.3 is 9.47 Å². The first-order valence-electron chi connectivity index (χ1n) is 11.9. The van der Waals surface area contributed by atoms with Gasteiger partial charge in [-0.3, -0.25) is 4.79 Å². The van der Waals surface area contributed by atoms with E-state index in [1.54, 1.807) is 6.92 Å². The van der Waals surface area contributed by atoms with Crippen LogP contribution in [0, 0.1) is 23.5 Å². The van der Waals surface area contributed by atoms with Crippen LogP contribution < -0.4 is 0 Å². The Balaban J connectivity index is 1.35. The Hall–Kier alpha value is -1.95. The zero-order chi connectivity index (χ0) is 24.0. The van der Waals surface area contributed by atoms with Gasteiger partial charge in [-0.05, 0) is 100 Å². The summed E-state index contributed by atoms with van der Waals surface area (Å²) in [4.78, 5) is 23.4. The maximum absolute atomic E-state index is 13.8. The second kappa shape index (κ2) is 12.0. The van der Waals surface area contributed by atoms with Crippen LogP contribution in [0.4, 0.5) is 8.78 Å². The number of hydrogen-bond acceptors (Lipinski definition) is 4. The van der Waals surface area contributed by atoms with Gasteiger partial charge in [0.1, 0.15) is 22.8 Å². The molecule has 2 saturated carbocycles. The Morgan fingerprint density at radius 1 is 1.00 bits per heavy atom. The first-order valence-corrected chi connectivity index (χ1v) is 12.3. The summed E-state index contributed by atoms with van der Waals surface area (Å²) in [7, 11) is 0. The van der Waals surface area contributed by atoms with E-state index in [4.69, 9.17) is 21.1 Å². The largest absolute Gasteiger partial charge is 0.462 e. The van der Waals surface area contributed by atoms with E-state index in [2.05, 4.69) is 6.58 Å². The molecule has 0 amide bonds. The smallest absolute Gasteiger partial charge is 0.333 e. The molecule has 1 aromatic carbocycles. The summed E-state index contributed by atoms with van der Waals surface area (Å²) in [6, 6.07) is 2.75. The van der Waals surface area contributed by atoms with E-state index in [0.29, 0.717) is 29.4 Å². The van der Waals surface area contributed by atoms with Crippen LogP contribution in [-0.2, 0) is 19.1 Å². The fourth-order valence-electron chi connectivity index (χ4n) is 5.16. The fraction of sp³-hybridized carbons (Fsp3) is 0.615. The summed E-state index contributed by atoms with van der Waals surface area (Å²) < 4.78 is 38.2. The summed E-state index contributed by atoms with van der Waals surface area (Å²) in [6.07, 6.45) is 8.40. The zero-order valence-electron chi connectivity index (χ0n) is 19.2. The molecule has 0 unspecified atom stereocenters. The van der Waals surface area contributed by atoms with E-state index in [1.807, 2.05) is 0 Å². The van der Waals surface area contributed by atoms with E-state index in [1.165, 1.54) is 12.1 Å². The highest BCUT2D eigenvalue weighted by Crippen LogP contribution is 2.43. The number of carbonyl (C=O) groups excluding carboxylic acids is 2. The molecule has 0 spiro atoms. The lowest BCUT2D eigenvalue weighted by Crippen LogP contribution is -2.29. The number of rotatable bonds is 8. The van der Waals surface area contributed by atoms with Gasteiger partial charge in [-0.25, -0.2) is 13.6 Å². The molecule has 0 N–H and O–H groups in total. The predicted octanol–water partition coefficient (Wildman–Crippen LogP) is 6.89. The van der Waals surface area contributed by atoms with Crippen LogP contribution in [0.1, 0.15) is 82.6 Å². The SMILES string of the molecule is C=C(C)C(=O)OCCCC(=O)OC1CCC(C2CCC(c3cc(F)c(Cl)c(F)c3)CC2)CC1. The Bertz CT molecular complexity index is 833. The molecule has 0 atom stereocenters. The maximum Gasteiger partial charge on any atom is 0.333 e. The van der Waals surface area contributed by atoms with Crippen molar-refractivity contribution in [1.29, 1.82) is 0 Å². The van der Waals surface area contributed by atoms with Gasteiger partial charge in [0.05, 0.1) is 6.61 Å². The molecule has 0 radical (unpaired) electrons. The predicted molar refractivity (Wildman–Crippen MR) is 123 cm³/mol.